The van der Waals surface area contributed by atoms with Crippen LogP contribution < -0.4 is 5.32 Å². The van der Waals surface area contributed by atoms with Crippen LogP contribution in [0.3, 0.4) is 0 Å². The van der Waals surface area contributed by atoms with E-state index in [4.69, 9.17) is 0 Å². The fraction of sp³-hybridized carbons (Fsp3) is 0.333. The van der Waals surface area contributed by atoms with Gasteiger partial charge in [-0.05, 0) is 18.4 Å². The van der Waals surface area contributed by atoms with Crippen molar-refractivity contribution >= 4 is 11.9 Å². The Labute approximate surface area is 114 Å². The average molecular weight is 263 g/mol. The van der Waals surface area contributed by atoms with Crippen LogP contribution in [0.15, 0.2) is 42.5 Å². The van der Waals surface area contributed by atoms with Crippen LogP contribution in [0.2, 0.25) is 0 Å². The minimum absolute atomic E-state index is 0. The Bertz CT molecular complexity index is 446. The highest BCUT2D eigenvalue weighted by atomic mass is 16.5. The Morgan fingerprint density at radius 3 is 2.63 bits per heavy atom. The molecule has 0 aliphatic heterocycles. The number of hydrogen-bond donors (Lipinski definition) is 1. The summed E-state index contributed by atoms with van der Waals surface area (Å²) in [6, 6.07) is 9.83. The van der Waals surface area contributed by atoms with Gasteiger partial charge in [0.15, 0.2) is 0 Å². The quantitative estimate of drug-likeness (QED) is 0.631. The number of amides is 1. The van der Waals surface area contributed by atoms with E-state index in [2.05, 4.69) is 10.1 Å². The lowest BCUT2D eigenvalue weighted by atomic mass is 10.0. The molecule has 19 heavy (non-hydrogen) atoms. The van der Waals surface area contributed by atoms with Crippen molar-refractivity contribution in [2.24, 2.45) is 0 Å². The van der Waals surface area contributed by atoms with Crippen molar-refractivity contribution in [2.75, 3.05) is 7.11 Å². The van der Waals surface area contributed by atoms with E-state index >= 15 is 0 Å². The molecule has 0 aromatic heterocycles. The number of aryl methyl sites for hydroxylation is 1. The van der Waals surface area contributed by atoms with Crippen LogP contribution in [0.5, 0.6) is 0 Å². The van der Waals surface area contributed by atoms with E-state index in [1.807, 2.05) is 30.3 Å². The van der Waals surface area contributed by atoms with Crippen LogP contribution in [0.4, 0.5) is 0 Å². The maximum absolute atomic E-state index is 11.1. The molecule has 1 aromatic rings. The van der Waals surface area contributed by atoms with Gasteiger partial charge in [0.2, 0.25) is 5.91 Å². The third-order valence-corrected chi connectivity index (χ3v) is 2.64. The van der Waals surface area contributed by atoms with Gasteiger partial charge in [0.05, 0.1) is 7.11 Å². The van der Waals surface area contributed by atoms with E-state index in [1.54, 1.807) is 6.08 Å². The topological polar surface area (TPSA) is 55.4 Å². The number of nitrogens with one attached hydrogen (secondary N) is 1. The lowest BCUT2D eigenvalue weighted by Gasteiger charge is -2.13. The van der Waals surface area contributed by atoms with Gasteiger partial charge in [0, 0.05) is 20.5 Å². The van der Waals surface area contributed by atoms with E-state index in [-0.39, 0.29) is 13.4 Å². The van der Waals surface area contributed by atoms with Gasteiger partial charge in [-0.15, -0.1) is 0 Å². The molecule has 0 saturated heterocycles. The molecular weight excluding hydrogens is 242 g/mol. The normalized spacial score (nSPS) is 12.1. The number of ether oxygens (including phenoxy) is 1. The van der Waals surface area contributed by atoms with Gasteiger partial charge in [-0.2, -0.15) is 0 Å². The predicted octanol–water partition coefficient (Wildman–Crippen LogP) is 2.10. The molecule has 1 aromatic carbocycles. The van der Waals surface area contributed by atoms with Gasteiger partial charge < -0.3 is 10.1 Å². The number of rotatable bonds is 6. The van der Waals surface area contributed by atoms with Crippen molar-refractivity contribution in [1.29, 1.82) is 0 Å². The maximum atomic E-state index is 11.1. The van der Waals surface area contributed by atoms with E-state index < -0.39 is 5.97 Å². The fourth-order valence-electron chi connectivity index (χ4n) is 1.71. The minimum Gasteiger partial charge on any atom is -0.466 e. The first-order valence-electron chi connectivity index (χ1n) is 6.19. The smallest absolute Gasteiger partial charge is 0.330 e. The molecule has 4 nitrogen and oxygen atoms in total. The molecule has 1 rings (SSSR count). The summed E-state index contributed by atoms with van der Waals surface area (Å²) in [5, 5.41) is 2.80. The SMILES string of the molecule is COC(=O)/C=C/[C@H](CCc1ccccc1)NC(C)=O.[HH]. The zero-order valence-electron chi connectivity index (χ0n) is 11.3. The average Bonchev–Trinajstić information content (AvgIpc) is 2.42. The summed E-state index contributed by atoms with van der Waals surface area (Å²) < 4.78 is 4.53. The van der Waals surface area contributed by atoms with Gasteiger partial charge in [0.1, 0.15) is 0 Å². The standard InChI is InChI=1S/C15H19NO3.H2/c1-12(17)16-14(10-11-15(18)19-2)9-8-13-6-4-3-5-7-13;/h3-7,10-11,14H,8-9H2,1-2H3,(H,16,17);1H/b11-10+;/t14-;/m0./s1. The zero-order chi connectivity index (χ0) is 14.1. The largest absolute Gasteiger partial charge is 0.466 e. The van der Waals surface area contributed by atoms with E-state index in [9.17, 15) is 9.59 Å². The Kier molecular flexibility index (Phi) is 6.36. The molecule has 1 atom stereocenters. The molecule has 0 saturated carbocycles. The Morgan fingerprint density at radius 2 is 2.05 bits per heavy atom. The molecule has 1 N–H and O–H groups in total. The van der Waals surface area contributed by atoms with Crippen molar-refractivity contribution in [3.63, 3.8) is 0 Å². The van der Waals surface area contributed by atoms with Crippen LogP contribution in [0.1, 0.15) is 20.3 Å². The van der Waals surface area contributed by atoms with Crippen molar-refractivity contribution < 1.29 is 15.8 Å². The Balaban J connectivity index is 0.00000361. The summed E-state index contributed by atoms with van der Waals surface area (Å²) in [6.45, 7) is 1.46. The van der Waals surface area contributed by atoms with Crippen molar-refractivity contribution in [3.8, 4) is 0 Å². The van der Waals surface area contributed by atoms with E-state index in [0.29, 0.717) is 0 Å². The van der Waals surface area contributed by atoms with E-state index in [0.717, 1.165) is 12.8 Å². The second-order valence-electron chi connectivity index (χ2n) is 4.21. The van der Waals surface area contributed by atoms with Crippen LogP contribution >= 0.6 is 0 Å². The molecule has 0 radical (unpaired) electrons. The molecule has 4 heteroatoms. The van der Waals surface area contributed by atoms with Crippen molar-refractivity contribution in [3.05, 3.63) is 48.0 Å². The number of methoxy groups -OCH3 is 1. The van der Waals surface area contributed by atoms with Crippen LogP contribution in [-0.4, -0.2) is 25.0 Å². The number of esters is 1. The van der Waals surface area contributed by atoms with Gasteiger partial charge in [-0.1, -0.05) is 36.4 Å². The number of hydrogen-bond acceptors (Lipinski definition) is 3. The molecule has 104 valence electrons. The van der Waals surface area contributed by atoms with Crippen molar-refractivity contribution in [2.45, 2.75) is 25.8 Å². The first-order valence-corrected chi connectivity index (χ1v) is 6.19. The number of carbonyl (C=O) groups excluding carboxylic acids is 2. The summed E-state index contributed by atoms with van der Waals surface area (Å²) in [7, 11) is 1.32. The number of benzene rings is 1. The fourth-order valence-corrected chi connectivity index (χ4v) is 1.71. The lowest BCUT2D eigenvalue weighted by Crippen LogP contribution is -2.32. The second kappa shape index (κ2) is 8.08. The summed E-state index contributed by atoms with van der Waals surface area (Å²) in [6.07, 6.45) is 4.57. The lowest BCUT2D eigenvalue weighted by molar-refractivity contribution is -0.134. The van der Waals surface area contributed by atoms with Crippen molar-refractivity contribution in [1.82, 2.24) is 5.32 Å². The molecular formula is C15H21NO3. The summed E-state index contributed by atoms with van der Waals surface area (Å²) in [5.74, 6) is -0.539. The first-order chi connectivity index (χ1) is 9.11. The molecule has 0 aliphatic rings. The molecule has 0 bridgehead atoms. The maximum Gasteiger partial charge on any atom is 0.330 e. The van der Waals surface area contributed by atoms with Crippen LogP contribution in [-0.2, 0) is 20.7 Å². The number of carbonyl (C=O) groups is 2. The zero-order valence-corrected chi connectivity index (χ0v) is 11.3. The molecule has 0 fully saturated rings. The third kappa shape index (κ3) is 6.41. The van der Waals surface area contributed by atoms with Gasteiger partial charge >= 0.3 is 5.97 Å². The van der Waals surface area contributed by atoms with Gasteiger partial charge in [0.25, 0.3) is 0 Å². The van der Waals surface area contributed by atoms with Crippen LogP contribution in [0.25, 0.3) is 0 Å². The van der Waals surface area contributed by atoms with Gasteiger partial charge in [-0.3, -0.25) is 4.79 Å². The molecule has 0 heterocycles. The summed E-state index contributed by atoms with van der Waals surface area (Å²) in [4.78, 5) is 22.2. The highest BCUT2D eigenvalue weighted by molar-refractivity contribution is 5.82. The second-order valence-corrected chi connectivity index (χ2v) is 4.21. The first kappa shape index (κ1) is 15.0. The highest BCUT2D eigenvalue weighted by Crippen LogP contribution is 2.06. The monoisotopic (exact) mass is 263 g/mol. The Morgan fingerprint density at radius 1 is 1.37 bits per heavy atom. The third-order valence-electron chi connectivity index (χ3n) is 2.64. The Hall–Kier alpha value is -2.10. The predicted molar refractivity (Wildman–Crippen MR) is 75.6 cm³/mol. The summed E-state index contributed by atoms with van der Waals surface area (Å²) >= 11 is 0. The minimum atomic E-state index is -0.421. The molecule has 1 amide bonds. The molecule has 0 spiro atoms. The van der Waals surface area contributed by atoms with E-state index in [1.165, 1.54) is 25.7 Å². The molecule has 0 aliphatic carbocycles. The van der Waals surface area contributed by atoms with Crippen LogP contribution in [0, 0.1) is 0 Å². The molecule has 0 unspecified atom stereocenters. The highest BCUT2D eigenvalue weighted by Gasteiger charge is 2.07. The van der Waals surface area contributed by atoms with Gasteiger partial charge in [-0.25, -0.2) is 4.79 Å². The summed E-state index contributed by atoms with van der Waals surface area (Å²) in [5.41, 5.74) is 1.20.